The van der Waals surface area contributed by atoms with Crippen LogP contribution in [0.2, 0.25) is 0 Å². The molecule has 2 aromatic heterocycles. The van der Waals surface area contributed by atoms with E-state index in [1.165, 1.54) is 6.20 Å². The van der Waals surface area contributed by atoms with E-state index in [0.29, 0.717) is 25.3 Å². The fraction of sp³-hybridized carbons (Fsp3) is 0.318. The molecule has 4 rings (SSSR count). The lowest BCUT2D eigenvalue weighted by atomic mass is 9.99. The first-order valence-electron chi connectivity index (χ1n) is 9.78. The molecule has 8 heteroatoms. The van der Waals surface area contributed by atoms with Gasteiger partial charge in [0.2, 0.25) is 0 Å². The van der Waals surface area contributed by atoms with Crippen LogP contribution in [0.4, 0.5) is 19.0 Å². The Hall–Kier alpha value is -3.16. The molecule has 1 aliphatic rings. The minimum Gasteiger partial charge on any atom is -0.493 e. The van der Waals surface area contributed by atoms with Gasteiger partial charge in [0.25, 0.3) is 0 Å². The van der Waals surface area contributed by atoms with Crippen molar-refractivity contribution in [3.8, 4) is 17.1 Å². The van der Waals surface area contributed by atoms with E-state index in [1.54, 1.807) is 18.3 Å². The number of rotatable bonds is 5. The van der Waals surface area contributed by atoms with Crippen LogP contribution in [0.5, 0.6) is 5.75 Å². The van der Waals surface area contributed by atoms with E-state index in [2.05, 4.69) is 15.0 Å². The third kappa shape index (κ3) is 4.87. The van der Waals surface area contributed by atoms with E-state index in [4.69, 9.17) is 4.74 Å². The molecule has 156 valence electrons. The molecule has 0 aliphatic carbocycles. The molecule has 0 saturated carbocycles. The summed E-state index contributed by atoms with van der Waals surface area (Å²) < 4.78 is 46.3. The number of alkyl halides is 3. The first kappa shape index (κ1) is 20.1. The number of anilines is 1. The highest BCUT2D eigenvalue weighted by atomic mass is 19.4. The number of ether oxygens (including phenoxy) is 1. The molecule has 1 saturated heterocycles. The third-order valence-electron chi connectivity index (χ3n) is 4.99. The topological polar surface area (TPSA) is 51.1 Å². The number of benzene rings is 1. The van der Waals surface area contributed by atoms with Gasteiger partial charge >= 0.3 is 6.18 Å². The van der Waals surface area contributed by atoms with Crippen LogP contribution in [0, 0.1) is 5.92 Å². The van der Waals surface area contributed by atoms with Crippen molar-refractivity contribution < 1.29 is 17.9 Å². The minimum atomic E-state index is -4.56. The van der Waals surface area contributed by atoms with Crippen molar-refractivity contribution in [2.24, 2.45) is 5.92 Å². The zero-order valence-electron chi connectivity index (χ0n) is 16.2. The van der Waals surface area contributed by atoms with E-state index in [0.717, 1.165) is 24.7 Å². The Morgan fingerprint density at radius 1 is 1.07 bits per heavy atom. The molecule has 0 bridgehead atoms. The Labute approximate surface area is 172 Å². The second-order valence-corrected chi connectivity index (χ2v) is 7.25. The van der Waals surface area contributed by atoms with Gasteiger partial charge in [0.05, 0.1) is 6.61 Å². The molecule has 0 spiro atoms. The van der Waals surface area contributed by atoms with Crippen molar-refractivity contribution >= 4 is 5.82 Å². The third-order valence-corrected chi connectivity index (χ3v) is 4.99. The van der Waals surface area contributed by atoms with Gasteiger partial charge in [0.1, 0.15) is 11.6 Å². The van der Waals surface area contributed by atoms with Gasteiger partial charge in [0.15, 0.2) is 11.5 Å². The molecule has 0 radical (unpaired) electrons. The SMILES string of the molecule is FC(F)(F)c1cc(N2CCCC(COc3ccccc3)C2)nc(-c2cccnc2)n1. The molecule has 3 heterocycles. The Morgan fingerprint density at radius 3 is 2.63 bits per heavy atom. The van der Waals surface area contributed by atoms with Crippen LogP contribution in [0.3, 0.4) is 0 Å². The molecule has 1 atom stereocenters. The number of hydrogen-bond acceptors (Lipinski definition) is 5. The molecule has 1 fully saturated rings. The van der Waals surface area contributed by atoms with Crippen LogP contribution < -0.4 is 9.64 Å². The van der Waals surface area contributed by atoms with Gasteiger partial charge in [-0.05, 0) is 37.1 Å². The summed E-state index contributed by atoms with van der Waals surface area (Å²) in [4.78, 5) is 14.0. The van der Waals surface area contributed by atoms with Gasteiger partial charge in [-0.15, -0.1) is 0 Å². The van der Waals surface area contributed by atoms with E-state index < -0.39 is 11.9 Å². The average molecular weight is 414 g/mol. The second kappa shape index (κ2) is 8.69. The number of hydrogen-bond donors (Lipinski definition) is 0. The smallest absolute Gasteiger partial charge is 0.433 e. The lowest BCUT2D eigenvalue weighted by molar-refractivity contribution is -0.141. The number of piperidine rings is 1. The molecule has 1 aliphatic heterocycles. The normalized spacial score (nSPS) is 17.0. The van der Waals surface area contributed by atoms with Crippen LogP contribution in [-0.2, 0) is 6.18 Å². The highest BCUT2D eigenvalue weighted by molar-refractivity contribution is 5.57. The number of para-hydroxylation sites is 1. The van der Waals surface area contributed by atoms with Gasteiger partial charge in [-0.1, -0.05) is 18.2 Å². The van der Waals surface area contributed by atoms with E-state index >= 15 is 0 Å². The zero-order chi connectivity index (χ0) is 21.0. The molecule has 1 aromatic carbocycles. The number of pyridine rings is 1. The largest absolute Gasteiger partial charge is 0.493 e. The van der Waals surface area contributed by atoms with Crippen molar-refractivity contribution in [3.63, 3.8) is 0 Å². The maximum atomic E-state index is 13.5. The molecular weight excluding hydrogens is 393 g/mol. The van der Waals surface area contributed by atoms with E-state index in [9.17, 15) is 13.2 Å². The van der Waals surface area contributed by atoms with Crippen LogP contribution in [0.1, 0.15) is 18.5 Å². The highest BCUT2D eigenvalue weighted by Gasteiger charge is 2.35. The quantitative estimate of drug-likeness (QED) is 0.597. The first-order chi connectivity index (χ1) is 14.5. The monoisotopic (exact) mass is 414 g/mol. The lowest BCUT2D eigenvalue weighted by Gasteiger charge is -2.33. The summed E-state index contributed by atoms with van der Waals surface area (Å²) in [6.07, 6.45) is 0.276. The van der Waals surface area contributed by atoms with Crippen LogP contribution in [0.15, 0.2) is 60.9 Å². The van der Waals surface area contributed by atoms with Gasteiger partial charge in [0, 0.05) is 43.0 Å². The zero-order valence-corrected chi connectivity index (χ0v) is 16.2. The minimum absolute atomic E-state index is 0.0237. The summed E-state index contributed by atoms with van der Waals surface area (Å²) in [7, 11) is 0. The van der Waals surface area contributed by atoms with Crippen LogP contribution in [0.25, 0.3) is 11.4 Å². The number of aromatic nitrogens is 3. The maximum Gasteiger partial charge on any atom is 0.433 e. The molecule has 0 amide bonds. The maximum absolute atomic E-state index is 13.5. The summed E-state index contributed by atoms with van der Waals surface area (Å²) in [5.41, 5.74) is -0.500. The molecule has 30 heavy (non-hydrogen) atoms. The summed E-state index contributed by atoms with van der Waals surface area (Å²) >= 11 is 0. The van der Waals surface area contributed by atoms with Crippen molar-refractivity contribution in [2.75, 3.05) is 24.6 Å². The first-order valence-corrected chi connectivity index (χ1v) is 9.78. The van der Waals surface area contributed by atoms with Crippen molar-refractivity contribution in [2.45, 2.75) is 19.0 Å². The highest BCUT2D eigenvalue weighted by Crippen LogP contribution is 2.32. The second-order valence-electron chi connectivity index (χ2n) is 7.25. The van der Waals surface area contributed by atoms with Crippen LogP contribution in [-0.4, -0.2) is 34.6 Å². The number of halogens is 3. The summed E-state index contributed by atoms with van der Waals surface area (Å²) in [6, 6.07) is 13.8. The predicted molar refractivity (Wildman–Crippen MR) is 107 cm³/mol. The molecule has 0 N–H and O–H groups in total. The fourth-order valence-electron chi connectivity index (χ4n) is 3.51. The Bertz CT molecular complexity index is 967. The van der Waals surface area contributed by atoms with E-state index in [-0.39, 0.29) is 17.6 Å². The van der Waals surface area contributed by atoms with E-state index in [1.807, 2.05) is 35.2 Å². The van der Waals surface area contributed by atoms with Crippen molar-refractivity contribution in [3.05, 3.63) is 66.6 Å². The fourth-order valence-corrected chi connectivity index (χ4v) is 3.51. The van der Waals surface area contributed by atoms with Crippen molar-refractivity contribution in [1.82, 2.24) is 15.0 Å². The van der Waals surface area contributed by atoms with Gasteiger partial charge in [-0.2, -0.15) is 13.2 Å². The van der Waals surface area contributed by atoms with Gasteiger partial charge in [-0.25, -0.2) is 9.97 Å². The summed E-state index contributed by atoms with van der Waals surface area (Å²) in [5.74, 6) is 1.29. The Kier molecular flexibility index (Phi) is 5.83. The molecule has 5 nitrogen and oxygen atoms in total. The van der Waals surface area contributed by atoms with Crippen molar-refractivity contribution in [1.29, 1.82) is 0 Å². The summed E-state index contributed by atoms with van der Waals surface area (Å²) in [6.45, 7) is 1.73. The van der Waals surface area contributed by atoms with Gasteiger partial charge in [-0.3, -0.25) is 4.98 Å². The Balaban J connectivity index is 1.56. The predicted octanol–water partition coefficient (Wildman–Crippen LogP) is 4.85. The standard InChI is InChI=1S/C22H21F3N4O/c23-22(24,25)19-12-20(28-21(27-19)17-7-4-10-26-13-17)29-11-5-6-16(14-29)15-30-18-8-2-1-3-9-18/h1-4,7-10,12-13,16H,5-6,11,14-15H2. The molecule has 3 aromatic rings. The van der Waals surface area contributed by atoms with Gasteiger partial charge < -0.3 is 9.64 Å². The Morgan fingerprint density at radius 2 is 1.90 bits per heavy atom. The lowest BCUT2D eigenvalue weighted by Crippen LogP contribution is -2.38. The van der Waals surface area contributed by atoms with Crippen LogP contribution >= 0.6 is 0 Å². The molecule has 1 unspecified atom stereocenters. The average Bonchev–Trinajstić information content (AvgIpc) is 2.78. The summed E-state index contributed by atoms with van der Waals surface area (Å²) in [5, 5.41) is 0. The molecular formula is C22H21F3N4O. The number of nitrogens with zero attached hydrogens (tertiary/aromatic N) is 4.